The van der Waals surface area contributed by atoms with Crippen molar-refractivity contribution in [2.45, 2.75) is 37.9 Å². The van der Waals surface area contributed by atoms with E-state index in [9.17, 15) is 4.39 Å². The molecule has 2 aliphatic rings. The van der Waals surface area contributed by atoms with E-state index in [1.54, 1.807) is 12.1 Å². The van der Waals surface area contributed by atoms with Crippen molar-refractivity contribution in [2.24, 2.45) is 5.73 Å². The first kappa shape index (κ1) is 14.5. The zero-order chi connectivity index (χ0) is 15.0. The number of benzene rings is 1. The summed E-state index contributed by atoms with van der Waals surface area (Å²) in [6, 6.07) is 6.17. The van der Waals surface area contributed by atoms with Gasteiger partial charge in [-0.25, -0.2) is 4.39 Å². The van der Waals surface area contributed by atoms with Crippen LogP contribution in [0.3, 0.4) is 0 Å². The van der Waals surface area contributed by atoms with E-state index in [4.69, 9.17) is 11.1 Å². The molecule has 3 N–H and O–H groups in total. The summed E-state index contributed by atoms with van der Waals surface area (Å²) in [5.74, 6) is -0.348. The van der Waals surface area contributed by atoms with E-state index in [0.717, 1.165) is 13.1 Å². The molecule has 2 fully saturated rings. The molecule has 2 aliphatic heterocycles. The highest BCUT2D eigenvalue weighted by Gasteiger charge is 2.34. The topological polar surface area (TPSA) is 56.4 Å². The molecule has 0 spiro atoms. The maximum Gasteiger partial charge on any atom is 0.128 e. The Morgan fingerprint density at radius 1 is 1.33 bits per heavy atom. The molecule has 5 heteroatoms. The van der Waals surface area contributed by atoms with Crippen molar-refractivity contribution in [1.82, 2.24) is 9.80 Å². The molecule has 0 radical (unpaired) electrons. The Balaban J connectivity index is 1.70. The fourth-order valence-electron chi connectivity index (χ4n) is 3.61. The van der Waals surface area contributed by atoms with Crippen LogP contribution >= 0.6 is 0 Å². The Bertz CT molecular complexity index is 545. The number of nitrogen functional groups attached to an aromatic ring is 1. The molecule has 4 nitrogen and oxygen atoms in total. The standard InChI is InChI=1S/C16H23FN4/c1-20-13-4-5-14(20)10-21(7-6-13)9-12-3-2-11(16(18)19)8-15(12)17/h2-3,8,13-14H,4-7,9-10H2,1H3,(H3,18,19). The van der Waals surface area contributed by atoms with Gasteiger partial charge in [0.25, 0.3) is 0 Å². The van der Waals surface area contributed by atoms with Gasteiger partial charge >= 0.3 is 0 Å². The summed E-state index contributed by atoms with van der Waals surface area (Å²) in [6.07, 6.45) is 3.72. The van der Waals surface area contributed by atoms with Crippen LogP contribution in [-0.4, -0.2) is 47.9 Å². The number of likely N-dealkylation sites (N-methyl/N-ethyl adjacent to an activating group) is 1. The lowest BCUT2D eigenvalue weighted by molar-refractivity contribution is 0.213. The summed E-state index contributed by atoms with van der Waals surface area (Å²) < 4.78 is 14.1. The van der Waals surface area contributed by atoms with Crippen LogP contribution in [0, 0.1) is 11.2 Å². The zero-order valence-electron chi connectivity index (χ0n) is 12.5. The largest absolute Gasteiger partial charge is 0.384 e. The minimum atomic E-state index is -0.259. The van der Waals surface area contributed by atoms with E-state index in [-0.39, 0.29) is 11.7 Å². The van der Waals surface area contributed by atoms with Crippen LogP contribution in [0.5, 0.6) is 0 Å². The first-order valence-corrected chi connectivity index (χ1v) is 7.61. The highest BCUT2D eigenvalue weighted by molar-refractivity contribution is 5.94. The summed E-state index contributed by atoms with van der Waals surface area (Å²) in [5.41, 5.74) is 6.54. The second kappa shape index (κ2) is 5.73. The van der Waals surface area contributed by atoms with Crippen LogP contribution in [0.2, 0.25) is 0 Å². The molecule has 2 unspecified atom stereocenters. The molecule has 0 aromatic heterocycles. The van der Waals surface area contributed by atoms with Crippen LogP contribution in [0.25, 0.3) is 0 Å². The first-order chi connectivity index (χ1) is 10.0. The van der Waals surface area contributed by atoms with Crippen molar-refractivity contribution in [3.8, 4) is 0 Å². The molecule has 1 aromatic rings. The van der Waals surface area contributed by atoms with Gasteiger partial charge in [0, 0.05) is 42.8 Å². The van der Waals surface area contributed by atoms with E-state index in [1.165, 1.54) is 25.3 Å². The van der Waals surface area contributed by atoms with Gasteiger partial charge in [0.05, 0.1) is 0 Å². The minimum Gasteiger partial charge on any atom is -0.384 e. The number of hydrogen-bond acceptors (Lipinski definition) is 3. The maximum atomic E-state index is 14.1. The molecule has 2 heterocycles. The maximum absolute atomic E-state index is 14.1. The SMILES string of the molecule is CN1C2CCC1CN(Cc1ccc(C(=N)N)cc1F)CC2. The Labute approximate surface area is 125 Å². The van der Waals surface area contributed by atoms with Gasteiger partial charge in [-0.1, -0.05) is 12.1 Å². The molecule has 1 aromatic carbocycles. The predicted molar refractivity (Wildman–Crippen MR) is 81.9 cm³/mol. The van der Waals surface area contributed by atoms with E-state index < -0.39 is 0 Å². The smallest absolute Gasteiger partial charge is 0.128 e. The molecular formula is C16H23FN4. The third-order valence-corrected chi connectivity index (χ3v) is 4.99. The summed E-state index contributed by atoms with van der Waals surface area (Å²) in [7, 11) is 2.22. The van der Waals surface area contributed by atoms with Gasteiger partial charge in [-0.2, -0.15) is 0 Å². The van der Waals surface area contributed by atoms with Crippen LogP contribution in [0.1, 0.15) is 30.4 Å². The number of nitrogens with one attached hydrogen (secondary N) is 1. The molecule has 3 rings (SSSR count). The molecule has 2 saturated heterocycles. The van der Waals surface area contributed by atoms with Crippen molar-refractivity contribution < 1.29 is 4.39 Å². The first-order valence-electron chi connectivity index (χ1n) is 7.61. The van der Waals surface area contributed by atoms with Crippen molar-refractivity contribution in [2.75, 3.05) is 20.1 Å². The molecule has 0 aliphatic carbocycles. The van der Waals surface area contributed by atoms with Crippen molar-refractivity contribution in [3.63, 3.8) is 0 Å². The van der Waals surface area contributed by atoms with Gasteiger partial charge in [0.1, 0.15) is 11.7 Å². The van der Waals surface area contributed by atoms with E-state index >= 15 is 0 Å². The van der Waals surface area contributed by atoms with E-state index in [0.29, 0.717) is 29.8 Å². The average molecular weight is 290 g/mol. The van der Waals surface area contributed by atoms with Crippen LogP contribution in [-0.2, 0) is 6.54 Å². The number of nitrogens with zero attached hydrogens (tertiary/aromatic N) is 2. The second-order valence-electron chi connectivity index (χ2n) is 6.29. The quantitative estimate of drug-likeness (QED) is 0.659. The predicted octanol–water partition coefficient (Wildman–Crippen LogP) is 1.78. The van der Waals surface area contributed by atoms with Crippen molar-refractivity contribution in [3.05, 3.63) is 35.1 Å². The Morgan fingerprint density at radius 2 is 2.10 bits per heavy atom. The average Bonchev–Trinajstić information content (AvgIpc) is 2.68. The number of halogens is 1. The fourth-order valence-corrected chi connectivity index (χ4v) is 3.61. The molecule has 0 saturated carbocycles. The second-order valence-corrected chi connectivity index (χ2v) is 6.29. The monoisotopic (exact) mass is 290 g/mol. The molecule has 114 valence electrons. The lowest BCUT2D eigenvalue weighted by Gasteiger charge is -2.25. The summed E-state index contributed by atoms with van der Waals surface area (Å²) in [6.45, 7) is 2.68. The zero-order valence-corrected chi connectivity index (χ0v) is 12.5. The molecular weight excluding hydrogens is 267 g/mol. The van der Waals surface area contributed by atoms with Gasteiger partial charge in [-0.3, -0.25) is 15.2 Å². The van der Waals surface area contributed by atoms with Crippen molar-refractivity contribution >= 4 is 5.84 Å². The normalized spacial score (nSPS) is 26.8. The van der Waals surface area contributed by atoms with E-state index in [2.05, 4.69) is 16.8 Å². The Morgan fingerprint density at radius 3 is 2.81 bits per heavy atom. The third kappa shape index (κ3) is 2.94. The van der Waals surface area contributed by atoms with Crippen LogP contribution in [0.15, 0.2) is 18.2 Å². The lowest BCUT2D eigenvalue weighted by Crippen LogP contribution is -2.36. The number of likely N-dealkylation sites (tertiary alicyclic amines) is 1. The molecule has 2 bridgehead atoms. The van der Waals surface area contributed by atoms with Gasteiger partial charge in [0.2, 0.25) is 0 Å². The van der Waals surface area contributed by atoms with Gasteiger partial charge in [-0.05, 0) is 32.4 Å². The van der Waals surface area contributed by atoms with Gasteiger partial charge < -0.3 is 5.73 Å². The van der Waals surface area contributed by atoms with Gasteiger partial charge in [-0.15, -0.1) is 0 Å². The van der Waals surface area contributed by atoms with Crippen molar-refractivity contribution in [1.29, 1.82) is 5.41 Å². The van der Waals surface area contributed by atoms with Crippen LogP contribution < -0.4 is 5.73 Å². The minimum absolute atomic E-state index is 0.0887. The lowest BCUT2D eigenvalue weighted by atomic mass is 10.1. The number of nitrogens with two attached hydrogens (primary N) is 1. The number of hydrogen-bond donors (Lipinski definition) is 2. The highest BCUT2D eigenvalue weighted by atomic mass is 19.1. The van der Waals surface area contributed by atoms with E-state index in [1.807, 2.05) is 0 Å². The highest BCUT2D eigenvalue weighted by Crippen LogP contribution is 2.29. The summed E-state index contributed by atoms with van der Waals surface area (Å²) in [4.78, 5) is 4.85. The Hall–Kier alpha value is -1.46. The molecule has 0 amide bonds. The molecule has 21 heavy (non-hydrogen) atoms. The Kier molecular flexibility index (Phi) is 3.95. The van der Waals surface area contributed by atoms with Crippen LogP contribution in [0.4, 0.5) is 4.39 Å². The van der Waals surface area contributed by atoms with Gasteiger partial charge in [0.15, 0.2) is 0 Å². The number of rotatable bonds is 3. The third-order valence-electron chi connectivity index (χ3n) is 4.99. The number of fused-ring (bicyclic) bond motifs is 2. The fraction of sp³-hybridized carbons (Fsp3) is 0.562. The summed E-state index contributed by atoms with van der Waals surface area (Å²) >= 11 is 0. The number of amidine groups is 1. The molecule has 2 atom stereocenters. The summed E-state index contributed by atoms with van der Waals surface area (Å²) in [5, 5.41) is 7.36.